The first-order valence-electron chi connectivity index (χ1n) is 6.39. The fourth-order valence-electron chi connectivity index (χ4n) is 1.91. The Bertz CT molecular complexity index is 448. The van der Waals surface area contributed by atoms with Crippen LogP contribution in [0.5, 0.6) is 0 Å². The number of anilines is 1. The van der Waals surface area contributed by atoms with E-state index in [2.05, 4.69) is 5.32 Å². The fourth-order valence-corrected chi connectivity index (χ4v) is 1.91. The smallest absolute Gasteiger partial charge is 0.323 e. The van der Waals surface area contributed by atoms with Gasteiger partial charge in [0.05, 0.1) is 0 Å². The van der Waals surface area contributed by atoms with Gasteiger partial charge in [0.25, 0.3) is 0 Å². The number of hydrogen-bond donors (Lipinski definition) is 2. The lowest BCUT2D eigenvalue weighted by Crippen LogP contribution is -2.48. The lowest BCUT2D eigenvalue weighted by atomic mass is 10.3. The summed E-state index contributed by atoms with van der Waals surface area (Å²) in [7, 11) is 3.82. The zero-order chi connectivity index (χ0) is 15.1. The van der Waals surface area contributed by atoms with Crippen LogP contribution in [-0.4, -0.2) is 55.2 Å². The molecule has 0 aliphatic carbocycles. The summed E-state index contributed by atoms with van der Waals surface area (Å²) in [5, 5.41) is 11.7. The summed E-state index contributed by atoms with van der Waals surface area (Å²) in [5.41, 5.74) is 0.560. The van der Waals surface area contributed by atoms with Gasteiger partial charge in [0.2, 0.25) is 0 Å². The van der Waals surface area contributed by atoms with E-state index < -0.39 is 12.0 Å². The molecule has 1 rings (SSSR count). The van der Waals surface area contributed by atoms with E-state index in [0.29, 0.717) is 12.2 Å². The van der Waals surface area contributed by atoms with Crippen molar-refractivity contribution in [1.82, 2.24) is 10.2 Å². The molecule has 0 bridgehead atoms. The lowest BCUT2D eigenvalue weighted by Gasteiger charge is -2.25. The Kier molecular flexibility index (Phi) is 5.99. The van der Waals surface area contributed by atoms with Gasteiger partial charge in [-0.2, -0.15) is 0 Å². The van der Waals surface area contributed by atoms with Crippen molar-refractivity contribution < 1.29 is 14.7 Å². The minimum atomic E-state index is -1.05. The maximum atomic E-state index is 12.2. The SMILES string of the molecule is CC(CN(C)C)NC(=O)N(CC(=O)O)c1ccccc1. The predicted octanol–water partition coefficient (Wildman–Crippen LogP) is 1.24. The van der Waals surface area contributed by atoms with Crippen LogP contribution in [0.1, 0.15) is 6.92 Å². The Morgan fingerprint density at radius 1 is 1.25 bits per heavy atom. The van der Waals surface area contributed by atoms with Gasteiger partial charge >= 0.3 is 12.0 Å². The monoisotopic (exact) mass is 279 g/mol. The quantitative estimate of drug-likeness (QED) is 0.821. The molecule has 2 N–H and O–H groups in total. The van der Waals surface area contributed by atoms with Crippen molar-refractivity contribution in [3.63, 3.8) is 0 Å². The van der Waals surface area contributed by atoms with Gasteiger partial charge < -0.3 is 15.3 Å². The summed E-state index contributed by atoms with van der Waals surface area (Å²) in [6.45, 7) is 2.19. The molecule has 0 heterocycles. The highest BCUT2D eigenvalue weighted by molar-refractivity contribution is 5.96. The second-order valence-corrected chi connectivity index (χ2v) is 4.93. The molecule has 0 aromatic heterocycles. The van der Waals surface area contributed by atoms with Crippen LogP contribution in [0.3, 0.4) is 0 Å². The van der Waals surface area contributed by atoms with E-state index in [1.807, 2.05) is 32.0 Å². The third-order valence-corrected chi connectivity index (χ3v) is 2.62. The Hall–Kier alpha value is -2.08. The zero-order valence-corrected chi connectivity index (χ0v) is 12.0. The van der Waals surface area contributed by atoms with Crippen LogP contribution in [0.2, 0.25) is 0 Å². The molecule has 2 amide bonds. The molecule has 110 valence electrons. The first kappa shape index (κ1) is 16.0. The first-order valence-corrected chi connectivity index (χ1v) is 6.39. The van der Waals surface area contributed by atoms with E-state index in [4.69, 9.17) is 5.11 Å². The Morgan fingerprint density at radius 2 is 1.85 bits per heavy atom. The second kappa shape index (κ2) is 7.49. The maximum absolute atomic E-state index is 12.2. The minimum absolute atomic E-state index is 0.0718. The number of likely N-dealkylation sites (N-methyl/N-ethyl adjacent to an activating group) is 1. The van der Waals surface area contributed by atoms with E-state index in [9.17, 15) is 9.59 Å². The van der Waals surface area contributed by atoms with Gasteiger partial charge in [-0.3, -0.25) is 9.69 Å². The molecule has 20 heavy (non-hydrogen) atoms. The zero-order valence-electron chi connectivity index (χ0n) is 12.0. The number of benzene rings is 1. The van der Waals surface area contributed by atoms with E-state index in [-0.39, 0.29) is 12.6 Å². The molecule has 1 atom stereocenters. The normalized spacial score (nSPS) is 12.0. The van der Waals surface area contributed by atoms with Crippen molar-refractivity contribution in [2.75, 3.05) is 32.1 Å². The van der Waals surface area contributed by atoms with Gasteiger partial charge in [0.1, 0.15) is 6.54 Å². The van der Waals surface area contributed by atoms with Gasteiger partial charge in [-0.05, 0) is 33.2 Å². The number of rotatable bonds is 6. The summed E-state index contributed by atoms with van der Waals surface area (Å²) in [6.07, 6.45) is 0. The lowest BCUT2D eigenvalue weighted by molar-refractivity contribution is -0.135. The van der Waals surface area contributed by atoms with E-state index in [1.165, 1.54) is 4.90 Å². The number of nitrogens with one attached hydrogen (secondary N) is 1. The standard InChI is InChI=1S/C14H21N3O3/c1-11(9-16(2)3)15-14(20)17(10-13(18)19)12-7-5-4-6-8-12/h4-8,11H,9-10H2,1-3H3,(H,15,20)(H,18,19). The molecular formula is C14H21N3O3. The average molecular weight is 279 g/mol. The molecule has 0 saturated heterocycles. The first-order chi connectivity index (χ1) is 9.40. The Labute approximate surface area is 119 Å². The predicted molar refractivity (Wildman–Crippen MR) is 78.0 cm³/mol. The van der Waals surface area contributed by atoms with E-state index >= 15 is 0 Å². The maximum Gasteiger partial charge on any atom is 0.323 e. The van der Waals surface area contributed by atoms with Crippen molar-refractivity contribution in [2.24, 2.45) is 0 Å². The molecule has 6 nitrogen and oxygen atoms in total. The minimum Gasteiger partial charge on any atom is -0.480 e. The Balaban J connectivity index is 2.78. The van der Waals surface area contributed by atoms with Crippen LogP contribution in [-0.2, 0) is 4.79 Å². The van der Waals surface area contributed by atoms with Gasteiger partial charge in [0.15, 0.2) is 0 Å². The summed E-state index contributed by atoms with van der Waals surface area (Å²) in [6, 6.07) is 8.28. The average Bonchev–Trinajstić information content (AvgIpc) is 2.35. The third kappa shape index (κ3) is 5.27. The third-order valence-electron chi connectivity index (χ3n) is 2.62. The molecule has 0 fully saturated rings. The number of hydrogen-bond acceptors (Lipinski definition) is 3. The number of amides is 2. The highest BCUT2D eigenvalue weighted by Crippen LogP contribution is 2.13. The molecular weight excluding hydrogens is 258 g/mol. The topological polar surface area (TPSA) is 72.9 Å². The van der Waals surface area contributed by atoms with Crippen molar-refractivity contribution in [3.8, 4) is 0 Å². The highest BCUT2D eigenvalue weighted by Gasteiger charge is 2.20. The van der Waals surface area contributed by atoms with Crippen LogP contribution >= 0.6 is 0 Å². The van der Waals surface area contributed by atoms with Crippen LogP contribution in [0.4, 0.5) is 10.5 Å². The molecule has 0 saturated carbocycles. The molecule has 0 aliphatic heterocycles. The number of aliphatic carboxylic acids is 1. The Morgan fingerprint density at radius 3 is 2.35 bits per heavy atom. The molecule has 1 aromatic carbocycles. The van der Waals surface area contributed by atoms with Gasteiger partial charge in [-0.1, -0.05) is 18.2 Å². The van der Waals surface area contributed by atoms with Gasteiger partial charge in [0, 0.05) is 18.3 Å². The highest BCUT2D eigenvalue weighted by atomic mass is 16.4. The van der Waals surface area contributed by atoms with Crippen molar-refractivity contribution in [3.05, 3.63) is 30.3 Å². The van der Waals surface area contributed by atoms with E-state index in [1.54, 1.807) is 24.3 Å². The van der Waals surface area contributed by atoms with Crippen LogP contribution in [0, 0.1) is 0 Å². The van der Waals surface area contributed by atoms with Crippen LogP contribution in [0.25, 0.3) is 0 Å². The van der Waals surface area contributed by atoms with Crippen LogP contribution < -0.4 is 10.2 Å². The molecule has 0 aliphatic rings. The molecule has 6 heteroatoms. The number of carboxylic acids is 1. The van der Waals surface area contributed by atoms with Gasteiger partial charge in [-0.25, -0.2) is 4.79 Å². The molecule has 1 unspecified atom stereocenters. The van der Waals surface area contributed by atoms with Crippen molar-refractivity contribution in [1.29, 1.82) is 0 Å². The second-order valence-electron chi connectivity index (χ2n) is 4.93. The van der Waals surface area contributed by atoms with E-state index in [0.717, 1.165) is 0 Å². The van der Waals surface area contributed by atoms with Crippen molar-refractivity contribution in [2.45, 2.75) is 13.0 Å². The molecule has 0 radical (unpaired) electrons. The largest absolute Gasteiger partial charge is 0.480 e. The molecule has 0 spiro atoms. The summed E-state index contributed by atoms with van der Waals surface area (Å²) in [5.74, 6) is -1.05. The number of para-hydroxylation sites is 1. The summed E-state index contributed by atoms with van der Waals surface area (Å²) < 4.78 is 0. The molecule has 1 aromatic rings. The van der Waals surface area contributed by atoms with Crippen molar-refractivity contribution >= 4 is 17.7 Å². The fraction of sp³-hybridized carbons (Fsp3) is 0.429. The number of carboxylic acid groups (broad SMARTS) is 1. The van der Waals surface area contributed by atoms with Gasteiger partial charge in [-0.15, -0.1) is 0 Å². The number of urea groups is 1. The number of nitrogens with zero attached hydrogens (tertiary/aromatic N) is 2. The van der Waals surface area contributed by atoms with Crippen LogP contribution in [0.15, 0.2) is 30.3 Å². The summed E-state index contributed by atoms with van der Waals surface area (Å²) >= 11 is 0. The number of carbonyl (C=O) groups excluding carboxylic acids is 1. The summed E-state index contributed by atoms with van der Waals surface area (Å²) in [4.78, 5) is 26.3. The number of carbonyl (C=O) groups is 2.